The number of pyridine rings is 8. The van der Waals surface area contributed by atoms with Crippen molar-refractivity contribution in [1.29, 1.82) is 0 Å². The summed E-state index contributed by atoms with van der Waals surface area (Å²) in [5.41, 5.74) is 2.09. The highest BCUT2D eigenvalue weighted by atomic mass is 19.4. The molecule has 16 heterocycles. The third kappa shape index (κ3) is 20.2. The minimum absolute atomic E-state index is 0.0614. The van der Waals surface area contributed by atoms with Crippen molar-refractivity contribution in [3.05, 3.63) is 150 Å². The number of aromatic nitrogens is 8. The van der Waals surface area contributed by atoms with Gasteiger partial charge in [0.2, 0.25) is 0 Å². The van der Waals surface area contributed by atoms with Crippen LogP contribution in [-0.2, 0) is 0 Å². The monoisotopic (exact) mass is 1710 g/mol. The summed E-state index contributed by atoms with van der Waals surface area (Å²) in [6.45, 7) is 6.74. The van der Waals surface area contributed by atoms with Gasteiger partial charge in [0.1, 0.15) is 57.6 Å². The van der Waals surface area contributed by atoms with Crippen LogP contribution in [0.4, 0.5) is 141 Å². The number of anilines is 12. The first-order valence-corrected chi connectivity index (χ1v) is 38.4. The van der Waals surface area contributed by atoms with E-state index in [-0.39, 0.29) is 70.2 Å². The van der Waals surface area contributed by atoms with Crippen molar-refractivity contribution in [2.75, 3.05) is 127 Å². The van der Waals surface area contributed by atoms with Crippen molar-refractivity contribution in [2.24, 2.45) is 0 Å². The number of hydrogen-bond donors (Lipinski definition) is 5. The van der Waals surface area contributed by atoms with E-state index in [1.807, 2.05) is 14.7 Å². The summed E-state index contributed by atoms with van der Waals surface area (Å²) in [6.07, 6.45) is -17.0. The van der Waals surface area contributed by atoms with E-state index in [1.165, 1.54) is 70.6 Å². The van der Waals surface area contributed by atoms with Crippen LogP contribution in [0.3, 0.4) is 0 Å². The average Bonchev–Trinajstić information content (AvgIpc) is 1.56. The molecule has 0 unspecified atom stereocenters. The Hall–Kier alpha value is -13.3. The van der Waals surface area contributed by atoms with E-state index in [0.29, 0.717) is 117 Å². The van der Waals surface area contributed by atoms with Crippen LogP contribution in [0, 0.1) is 6.92 Å². The topological polar surface area (TPSA) is 352 Å². The van der Waals surface area contributed by atoms with Gasteiger partial charge >= 0.3 is 48.8 Å². The van der Waals surface area contributed by atoms with Crippen molar-refractivity contribution in [2.45, 2.75) is 133 Å². The maximum atomic E-state index is 13.1. The molecule has 31 nitrogen and oxygen atoms in total. The molecule has 43 heteroatoms. The van der Waals surface area contributed by atoms with Crippen molar-refractivity contribution < 1.29 is 106 Å². The number of fused-ring (bicyclic) bond motifs is 16. The lowest BCUT2D eigenvalue weighted by Gasteiger charge is -2.36. The highest BCUT2D eigenvalue weighted by Gasteiger charge is 2.48. The van der Waals surface area contributed by atoms with Gasteiger partial charge in [-0.1, -0.05) is 24.3 Å². The first-order chi connectivity index (χ1) is 58.0. The maximum Gasteiger partial charge on any atom is 0.389 e. The molecule has 8 aromatic heterocycles. The van der Waals surface area contributed by atoms with Gasteiger partial charge in [0.05, 0.1) is 81.1 Å². The number of aromatic hydroxyl groups is 1. The Morgan fingerprint density at radius 3 is 1.08 bits per heavy atom. The Labute approximate surface area is 686 Å². The predicted molar refractivity (Wildman–Crippen MR) is 420 cm³/mol. The van der Waals surface area contributed by atoms with Gasteiger partial charge in [0.15, 0.2) is 57.8 Å². The number of carbonyl (C=O) groups is 8. The second-order valence-corrected chi connectivity index (χ2v) is 29.2. The molecular weight excluding hydrogens is 1630 g/mol. The number of amides is 8. The zero-order valence-electron chi connectivity index (χ0n) is 65.2. The number of urea groups is 4. The summed E-state index contributed by atoms with van der Waals surface area (Å²) in [5, 5.41) is 21.0. The van der Waals surface area contributed by atoms with Gasteiger partial charge in [-0.2, -0.15) is 52.7 Å². The molecule has 4 atom stereocenters. The Morgan fingerprint density at radius 2 is 0.713 bits per heavy atom. The van der Waals surface area contributed by atoms with Crippen LogP contribution in [0.5, 0.6) is 17.2 Å². The molecule has 8 aliphatic rings. The summed E-state index contributed by atoms with van der Waals surface area (Å²) >= 11 is 0. The number of ketones is 4. The van der Waals surface area contributed by atoms with E-state index in [1.54, 1.807) is 92.0 Å². The fourth-order valence-electron chi connectivity index (χ4n) is 15.3. The van der Waals surface area contributed by atoms with Crippen LogP contribution in [-0.4, -0.2) is 208 Å². The van der Waals surface area contributed by atoms with Crippen molar-refractivity contribution in [3.63, 3.8) is 0 Å². The lowest BCUT2D eigenvalue weighted by atomic mass is 10.1. The minimum atomic E-state index is -4.50. The zero-order valence-corrected chi connectivity index (χ0v) is 65.2. The normalized spacial score (nSPS) is 17.5. The molecule has 8 amide bonds. The highest BCUT2D eigenvalue weighted by molar-refractivity contribution is 6.10. The SMILES string of the molecule is COc1cc(C(=O)CCC(F)(F)F)nc2c1N1CC[C@@H](C1)N2C(=O)Nc1ccccn1.COc1cc2c(nc1C(=O)CCC(F)(F)F)N(C(=O)Nc1ccccn1)[C@H]1CCN2C1.Cc1cc(C(=O)CCC(F)(F)F)nc2c1N1CC[C@@H](C1)N2C(=O)Nc1ccccn1.O=C(CCC(F)(F)F)c1nc2c(cc1O)N1CC[C@@H](C1)N2C(=O)Nc1ccccn1. The molecule has 122 heavy (non-hydrogen) atoms. The second-order valence-electron chi connectivity index (χ2n) is 29.2. The summed E-state index contributed by atoms with van der Waals surface area (Å²) in [4.78, 5) is 149. The Kier molecular flexibility index (Phi) is 25.5. The summed E-state index contributed by atoms with van der Waals surface area (Å²) in [5.74, 6) is -1.10. The van der Waals surface area contributed by atoms with Crippen molar-refractivity contribution >= 4 is 117 Å². The molecule has 8 aliphatic heterocycles. The molecule has 0 spiro atoms. The smallest absolute Gasteiger partial charge is 0.389 e. The Morgan fingerprint density at radius 1 is 0.393 bits per heavy atom. The lowest BCUT2D eigenvalue weighted by Crippen LogP contribution is -2.48. The number of alkyl halides is 12. The van der Waals surface area contributed by atoms with E-state index in [2.05, 4.69) is 66.0 Å². The molecule has 8 aromatic rings. The molecule has 4 saturated heterocycles. The molecule has 644 valence electrons. The van der Waals surface area contributed by atoms with Gasteiger partial charge in [-0.25, -0.2) is 59.0 Å². The molecule has 5 N–H and O–H groups in total. The zero-order chi connectivity index (χ0) is 87.3. The second kappa shape index (κ2) is 36.0. The van der Waals surface area contributed by atoms with Gasteiger partial charge in [-0.05, 0) is 92.8 Å². The van der Waals surface area contributed by atoms with Gasteiger partial charge in [0.25, 0.3) is 0 Å². The fourth-order valence-corrected chi connectivity index (χ4v) is 15.3. The summed E-state index contributed by atoms with van der Waals surface area (Å²) < 4.78 is 161. The number of rotatable bonds is 18. The molecule has 0 saturated carbocycles. The molecule has 0 aromatic carbocycles. The van der Waals surface area contributed by atoms with E-state index in [0.717, 1.165) is 18.7 Å². The largest absolute Gasteiger partial charge is 0.505 e. The van der Waals surface area contributed by atoms with Crippen LogP contribution in [0.1, 0.15) is 125 Å². The standard InChI is InChI=1S/2C20H20F3N5O3.C20H20F3N5O2.C19H18F3N5O3/c1-31-15-10-13-18(26-17(15)14(29)5-7-20(21,22)23)28(12-6-9-27(13)11-12)19(30)25-16-4-2-3-8-24-16;1-31-15-10-13(14(29)5-7-20(21,22)23)25-18-17(15)27-9-6-12(11-27)28(18)19(30)26-16-4-2-3-8-24-16;1-12-10-14(15(29)5-7-20(21,22)23)25-18-17(12)27-9-6-13(11-27)28(18)19(30)26-16-4-2-3-8-24-16;20-19(21,22)6-4-13(28)16-14(29)9-12-17(25-16)27(11-5-8-26(12)10-11)18(30)24-15-3-1-2-7-23-15/h2-4,8,10,12H,5-7,9,11H2,1H3,(H,24,25,30);2-4,8,10,12H,5-7,9,11H2,1H3,(H,24,26,30);2-4,8,10,13H,5-7,9,11H2,1H3,(H,24,26,30);1-3,7,9,11,29H,4-6,8,10H2,(H,23,24,30)/t2*12-;13-;11-/m0000/s1. The van der Waals surface area contributed by atoms with Gasteiger partial charge in [-0.15, -0.1) is 0 Å². The summed E-state index contributed by atoms with van der Waals surface area (Å²) in [7, 11) is 2.73. The molecule has 8 bridgehead atoms. The number of aryl methyl sites for hydroxylation is 1. The minimum Gasteiger partial charge on any atom is -0.505 e. The predicted octanol–water partition coefficient (Wildman–Crippen LogP) is 14.6. The van der Waals surface area contributed by atoms with Crippen molar-refractivity contribution in [3.8, 4) is 17.2 Å². The number of nitrogens with zero attached hydrogens (tertiary/aromatic N) is 16. The molecule has 0 aliphatic carbocycles. The maximum absolute atomic E-state index is 13.1. The van der Waals surface area contributed by atoms with Crippen LogP contribution in [0.15, 0.2) is 122 Å². The van der Waals surface area contributed by atoms with Crippen LogP contribution < -0.4 is 69.9 Å². The average molecular weight is 1710 g/mol. The lowest BCUT2D eigenvalue weighted by molar-refractivity contribution is -0.134. The fraction of sp³-hybridized carbons (Fsp3) is 0.392. The van der Waals surface area contributed by atoms with Gasteiger partial charge in [-0.3, -0.25) is 60.0 Å². The molecule has 4 fully saturated rings. The molecule has 0 radical (unpaired) electrons. The first kappa shape index (κ1) is 86.6. The third-order valence-corrected chi connectivity index (χ3v) is 20.9. The van der Waals surface area contributed by atoms with Gasteiger partial charge in [0, 0.05) is 121 Å². The van der Waals surface area contributed by atoms with Crippen LogP contribution >= 0.6 is 0 Å². The third-order valence-electron chi connectivity index (χ3n) is 20.9. The number of halogens is 12. The first-order valence-electron chi connectivity index (χ1n) is 38.4. The Balaban J connectivity index is 0.000000140. The van der Waals surface area contributed by atoms with E-state index in [4.69, 9.17) is 9.47 Å². The van der Waals surface area contributed by atoms with E-state index in [9.17, 15) is 96.1 Å². The quantitative estimate of drug-likeness (QED) is 0.0393. The van der Waals surface area contributed by atoms with Crippen LogP contribution in [0.2, 0.25) is 0 Å². The number of ether oxygens (including phenoxy) is 2. The van der Waals surface area contributed by atoms with Crippen molar-refractivity contribution in [1.82, 2.24) is 39.9 Å². The molecule has 16 rings (SSSR count). The number of Topliss-reactive ketones (excluding diaryl/α,β-unsaturated/α-hetero) is 4. The number of nitrogens with one attached hydrogen (secondary N) is 4. The number of methoxy groups -OCH3 is 2. The number of carbonyl (C=O) groups excluding carboxylic acids is 8. The Bertz CT molecular complexity index is 5240. The summed E-state index contributed by atoms with van der Waals surface area (Å²) in [6, 6.07) is 23.3. The van der Waals surface area contributed by atoms with E-state index < -0.39 is 135 Å². The van der Waals surface area contributed by atoms with Gasteiger partial charge < -0.3 is 34.2 Å². The number of hydrogen-bond acceptors (Lipinski definition) is 23. The van der Waals surface area contributed by atoms with E-state index >= 15 is 0 Å². The van der Waals surface area contributed by atoms with Crippen LogP contribution in [0.25, 0.3) is 0 Å². The molecular formula is C79H78F12N20O11. The highest BCUT2D eigenvalue weighted by Crippen LogP contribution is 2.49.